The highest BCUT2D eigenvalue weighted by Crippen LogP contribution is 2.23. The van der Waals surface area contributed by atoms with Crippen LogP contribution in [0.3, 0.4) is 0 Å². The first-order valence-electron chi connectivity index (χ1n) is 8.38. The van der Waals surface area contributed by atoms with Gasteiger partial charge >= 0.3 is 0 Å². The Balaban J connectivity index is 1.78. The molecule has 0 spiro atoms. The van der Waals surface area contributed by atoms with Crippen molar-refractivity contribution >= 4 is 21.7 Å². The van der Waals surface area contributed by atoms with Gasteiger partial charge in [-0.15, -0.1) is 0 Å². The molecule has 1 aliphatic heterocycles. The van der Waals surface area contributed by atoms with Gasteiger partial charge in [-0.2, -0.15) is 4.31 Å². The molecule has 3 rings (SSSR count). The first-order valence-corrected chi connectivity index (χ1v) is 9.82. The molecule has 1 aliphatic rings. The van der Waals surface area contributed by atoms with Gasteiger partial charge in [-0.1, -0.05) is 6.07 Å². The third-order valence-electron chi connectivity index (χ3n) is 4.71. The summed E-state index contributed by atoms with van der Waals surface area (Å²) < 4.78 is 27.2. The summed E-state index contributed by atoms with van der Waals surface area (Å²) >= 11 is 0. The van der Waals surface area contributed by atoms with Crippen LogP contribution in [0.25, 0.3) is 0 Å². The number of carbonyl (C=O) groups excluding carboxylic acids is 1. The zero-order valence-electron chi connectivity index (χ0n) is 14.8. The lowest BCUT2D eigenvalue weighted by Gasteiger charge is -2.35. The van der Waals surface area contributed by atoms with E-state index in [4.69, 9.17) is 5.73 Å². The Kier molecular flexibility index (Phi) is 4.97. The second kappa shape index (κ2) is 7.05. The Morgan fingerprint density at radius 2 is 1.77 bits per heavy atom. The molecule has 2 N–H and O–H groups in total. The van der Waals surface area contributed by atoms with Crippen LogP contribution in [0.15, 0.2) is 41.4 Å². The van der Waals surface area contributed by atoms with Gasteiger partial charge < -0.3 is 10.6 Å². The van der Waals surface area contributed by atoms with E-state index >= 15 is 0 Å². The van der Waals surface area contributed by atoms with Gasteiger partial charge in [0.05, 0.1) is 10.5 Å². The molecule has 7 nitrogen and oxygen atoms in total. The molecule has 0 saturated carbocycles. The van der Waals surface area contributed by atoms with Crippen LogP contribution in [0.4, 0.5) is 5.82 Å². The van der Waals surface area contributed by atoms with Gasteiger partial charge in [0.2, 0.25) is 10.0 Å². The number of sulfonamides is 1. The highest BCUT2D eigenvalue weighted by Gasteiger charge is 2.30. The van der Waals surface area contributed by atoms with Crippen LogP contribution in [0, 0.1) is 13.8 Å². The van der Waals surface area contributed by atoms with Crippen LogP contribution in [-0.2, 0) is 10.0 Å². The third kappa shape index (κ3) is 3.42. The summed E-state index contributed by atoms with van der Waals surface area (Å²) in [5.74, 6) is -0.0403. The van der Waals surface area contributed by atoms with Gasteiger partial charge in [0, 0.05) is 32.4 Å². The van der Waals surface area contributed by atoms with E-state index in [-0.39, 0.29) is 0 Å². The van der Waals surface area contributed by atoms with E-state index in [2.05, 4.69) is 4.98 Å². The fourth-order valence-corrected chi connectivity index (χ4v) is 4.51. The van der Waals surface area contributed by atoms with E-state index in [1.807, 2.05) is 24.8 Å². The Labute approximate surface area is 153 Å². The maximum atomic E-state index is 12.9. The van der Waals surface area contributed by atoms with Crippen LogP contribution in [-0.4, -0.2) is 49.8 Å². The predicted molar refractivity (Wildman–Crippen MR) is 99.6 cm³/mol. The minimum Gasteiger partial charge on any atom is -0.365 e. The maximum Gasteiger partial charge on any atom is 0.252 e. The standard InChI is InChI=1S/C18H22N4O3S/c1-13-5-6-15(12-14(13)2)26(24,25)22-10-8-21(9-11-22)18-16(17(19)23)4-3-7-20-18/h3-7,12H,8-11H2,1-2H3,(H2,19,23). The Bertz CT molecular complexity index is 935. The molecule has 1 amide bonds. The van der Waals surface area contributed by atoms with Gasteiger partial charge in [-0.25, -0.2) is 13.4 Å². The van der Waals surface area contributed by atoms with Crippen molar-refractivity contribution in [3.8, 4) is 0 Å². The summed E-state index contributed by atoms with van der Waals surface area (Å²) in [6.07, 6.45) is 1.60. The van der Waals surface area contributed by atoms with Gasteiger partial charge in [0.25, 0.3) is 5.91 Å². The number of hydrogen-bond donors (Lipinski definition) is 1. The number of amides is 1. The smallest absolute Gasteiger partial charge is 0.252 e. The number of aryl methyl sites for hydroxylation is 2. The van der Waals surface area contributed by atoms with E-state index in [1.165, 1.54) is 4.31 Å². The lowest BCUT2D eigenvalue weighted by atomic mass is 10.1. The molecule has 8 heteroatoms. The molecule has 2 heterocycles. The fraction of sp³-hybridized carbons (Fsp3) is 0.333. The first-order chi connectivity index (χ1) is 12.3. The zero-order chi connectivity index (χ0) is 18.9. The second-order valence-electron chi connectivity index (χ2n) is 6.38. The summed E-state index contributed by atoms with van der Waals surface area (Å²) in [6.45, 7) is 5.39. The highest BCUT2D eigenvalue weighted by molar-refractivity contribution is 7.89. The fourth-order valence-electron chi connectivity index (χ4n) is 3.00. The largest absolute Gasteiger partial charge is 0.365 e. The van der Waals surface area contributed by atoms with Crippen molar-refractivity contribution in [2.24, 2.45) is 5.73 Å². The number of nitrogens with zero attached hydrogens (tertiary/aromatic N) is 3. The molecule has 0 atom stereocenters. The molecule has 0 radical (unpaired) electrons. The predicted octanol–water partition coefficient (Wildman–Crippen LogP) is 1.31. The molecular formula is C18H22N4O3S. The molecule has 1 saturated heterocycles. The van der Waals surface area contributed by atoms with Crippen molar-refractivity contribution in [3.63, 3.8) is 0 Å². The lowest BCUT2D eigenvalue weighted by molar-refractivity contribution is 0.100. The van der Waals surface area contributed by atoms with Crippen molar-refractivity contribution in [1.82, 2.24) is 9.29 Å². The summed E-state index contributed by atoms with van der Waals surface area (Å²) in [6, 6.07) is 8.47. The topological polar surface area (TPSA) is 96.6 Å². The Morgan fingerprint density at radius 1 is 1.08 bits per heavy atom. The van der Waals surface area contributed by atoms with Crippen LogP contribution in [0.5, 0.6) is 0 Å². The highest BCUT2D eigenvalue weighted by atomic mass is 32.2. The summed E-state index contributed by atoms with van der Waals surface area (Å²) in [7, 11) is -3.54. The number of rotatable bonds is 4. The molecule has 0 unspecified atom stereocenters. The summed E-state index contributed by atoms with van der Waals surface area (Å²) in [5.41, 5.74) is 7.76. The van der Waals surface area contributed by atoms with Crippen LogP contribution in [0.1, 0.15) is 21.5 Å². The maximum absolute atomic E-state index is 12.9. The molecule has 1 aromatic heterocycles. The van der Waals surface area contributed by atoms with Crippen molar-refractivity contribution in [1.29, 1.82) is 0 Å². The van der Waals surface area contributed by atoms with Crippen LogP contribution >= 0.6 is 0 Å². The van der Waals surface area contributed by atoms with E-state index in [1.54, 1.807) is 30.5 Å². The second-order valence-corrected chi connectivity index (χ2v) is 8.31. The molecule has 138 valence electrons. The zero-order valence-corrected chi connectivity index (χ0v) is 15.7. The van der Waals surface area contributed by atoms with Crippen molar-refractivity contribution < 1.29 is 13.2 Å². The monoisotopic (exact) mass is 374 g/mol. The van der Waals surface area contributed by atoms with E-state index in [9.17, 15) is 13.2 Å². The SMILES string of the molecule is Cc1ccc(S(=O)(=O)N2CCN(c3ncccc3C(N)=O)CC2)cc1C. The van der Waals surface area contributed by atoms with Gasteiger partial charge in [0.1, 0.15) is 5.82 Å². The molecular weight excluding hydrogens is 352 g/mol. The minimum atomic E-state index is -3.54. The van der Waals surface area contributed by atoms with Gasteiger partial charge in [-0.3, -0.25) is 4.79 Å². The molecule has 2 aromatic rings. The number of primary amides is 1. The summed E-state index contributed by atoms with van der Waals surface area (Å²) in [5, 5.41) is 0. The van der Waals surface area contributed by atoms with Crippen molar-refractivity contribution in [3.05, 3.63) is 53.2 Å². The van der Waals surface area contributed by atoms with Crippen molar-refractivity contribution in [2.45, 2.75) is 18.7 Å². The quantitative estimate of drug-likeness (QED) is 0.870. The van der Waals surface area contributed by atoms with Crippen LogP contribution in [0.2, 0.25) is 0 Å². The number of pyridine rings is 1. The van der Waals surface area contributed by atoms with Gasteiger partial charge in [0.15, 0.2) is 0 Å². The number of nitrogens with two attached hydrogens (primary N) is 1. The molecule has 0 aliphatic carbocycles. The van der Waals surface area contributed by atoms with E-state index < -0.39 is 15.9 Å². The van der Waals surface area contributed by atoms with E-state index in [0.29, 0.717) is 42.5 Å². The average Bonchev–Trinajstić information content (AvgIpc) is 2.64. The number of benzene rings is 1. The third-order valence-corrected chi connectivity index (χ3v) is 6.60. The molecule has 26 heavy (non-hydrogen) atoms. The molecule has 0 bridgehead atoms. The number of piperazine rings is 1. The summed E-state index contributed by atoms with van der Waals surface area (Å²) in [4.78, 5) is 18.0. The Hall–Kier alpha value is -2.45. The average molecular weight is 374 g/mol. The van der Waals surface area contributed by atoms with E-state index in [0.717, 1.165) is 11.1 Å². The normalized spacial score (nSPS) is 15.8. The molecule has 1 aromatic carbocycles. The minimum absolute atomic E-state index is 0.310. The number of aromatic nitrogens is 1. The number of hydrogen-bond acceptors (Lipinski definition) is 5. The first kappa shape index (κ1) is 18.3. The van der Waals surface area contributed by atoms with Crippen molar-refractivity contribution in [2.75, 3.05) is 31.1 Å². The Morgan fingerprint density at radius 3 is 2.38 bits per heavy atom. The number of carbonyl (C=O) groups is 1. The molecule has 1 fully saturated rings. The van der Waals surface area contributed by atoms with Gasteiger partial charge in [-0.05, 0) is 49.2 Å². The number of anilines is 1. The lowest BCUT2D eigenvalue weighted by Crippen LogP contribution is -2.49. The van der Waals surface area contributed by atoms with Crippen LogP contribution < -0.4 is 10.6 Å².